The zero-order valence-corrected chi connectivity index (χ0v) is 11.9. The number of nitrogens with zero attached hydrogens (tertiary/aromatic N) is 3. The van der Waals surface area contributed by atoms with Crippen molar-refractivity contribution in [3.05, 3.63) is 35.5 Å². The minimum atomic E-state index is -0.981. The van der Waals surface area contributed by atoms with Gasteiger partial charge in [-0.1, -0.05) is 0 Å². The molecule has 6 heteroatoms. The van der Waals surface area contributed by atoms with E-state index in [2.05, 4.69) is 5.10 Å². The van der Waals surface area contributed by atoms with Gasteiger partial charge in [-0.3, -0.25) is 4.68 Å². The maximum absolute atomic E-state index is 11.4. The number of aromatic nitrogens is 2. The Morgan fingerprint density at radius 2 is 1.95 bits per heavy atom. The predicted octanol–water partition coefficient (Wildman–Crippen LogP) is 2.20. The minimum Gasteiger partial charge on any atom is -0.497 e. The van der Waals surface area contributed by atoms with Gasteiger partial charge in [0.05, 0.1) is 12.8 Å². The number of ether oxygens (including phenoxy) is 1. The quantitative estimate of drug-likeness (QED) is 0.926. The summed E-state index contributed by atoms with van der Waals surface area (Å²) < 4.78 is 6.69. The van der Waals surface area contributed by atoms with Crippen LogP contribution in [-0.2, 0) is 7.05 Å². The number of aromatic carboxylic acids is 1. The van der Waals surface area contributed by atoms with E-state index < -0.39 is 5.97 Å². The molecule has 1 N–H and O–H groups in total. The van der Waals surface area contributed by atoms with Gasteiger partial charge in [0.1, 0.15) is 17.1 Å². The molecule has 6 nitrogen and oxygen atoms in total. The van der Waals surface area contributed by atoms with Crippen molar-refractivity contribution in [3.63, 3.8) is 0 Å². The standard InChI is InChI=1S/C14H17N3O3/c1-9-12(14(18)19)13(17(3)15-9)16(2)10-5-7-11(20-4)8-6-10/h5-8H,1-4H3,(H,18,19). The molecule has 1 aromatic carbocycles. The molecule has 2 rings (SSSR count). The molecule has 0 aliphatic carbocycles. The lowest BCUT2D eigenvalue weighted by Gasteiger charge is -2.20. The fourth-order valence-electron chi connectivity index (χ4n) is 2.21. The average Bonchev–Trinajstić information content (AvgIpc) is 2.72. The molecule has 2 aromatic rings. The molecular weight excluding hydrogens is 258 g/mol. The first-order valence-corrected chi connectivity index (χ1v) is 6.10. The van der Waals surface area contributed by atoms with Crippen LogP contribution in [0.5, 0.6) is 5.75 Å². The average molecular weight is 275 g/mol. The predicted molar refractivity (Wildman–Crippen MR) is 76.0 cm³/mol. The second kappa shape index (κ2) is 5.24. The van der Waals surface area contributed by atoms with Crippen LogP contribution in [0, 0.1) is 6.92 Å². The van der Waals surface area contributed by atoms with Gasteiger partial charge < -0.3 is 14.7 Å². The molecule has 0 bridgehead atoms. The number of carboxylic acid groups (broad SMARTS) is 1. The number of benzene rings is 1. The van der Waals surface area contributed by atoms with Gasteiger partial charge in [0.2, 0.25) is 0 Å². The topological polar surface area (TPSA) is 67.6 Å². The fraction of sp³-hybridized carbons (Fsp3) is 0.286. The van der Waals surface area contributed by atoms with Crippen molar-refractivity contribution in [1.29, 1.82) is 0 Å². The van der Waals surface area contributed by atoms with Gasteiger partial charge in [-0.25, -0.2) is 4.79 Å². The first kappa shape index (κ1) is 13.9. The highest BCUT2D eigenvalue weighted by Gasteiger charge is 2.23. The Hall–Kier alpha value is -2.50. The number of anilines is 2. The van der Waals surface area contributed by atoms with Crippen LogP contribution in [0.25, 0.3) is 0 Å². The maximum atomic E-state index is 11.4. The van der Waals surface area contributed by atoms with E-state index in [4.69, 9.17) is 4.74 Å². The molecule has 0 aliphatic rings. The van der Waals surface area contributed by atoms with Gasteiger partial charge in [-0.15, -0.1) is 0 Å². The van der Waals surface area contributed by atoms with Crippen LogP contribution >= 0.6 is 0 Å². The lowest BCUT2D eigenvalue weighted by atomic mass is 10.2. The summed E-state index contributed by atoms with van der Waals surface area (Å²) in [6.07, 6.45) is 0. The highest BCUT2D eigenvalue weighted by atomic mass is 16.5. The number of rotatable bonds is 4. The number of hydrogen-bond acceptors (Lipinski definition) is 4. The summed E-state index contributed by atoms with van der Waals surface area (Å²) in [5, 5.41) is 13.5. The molecular formula is C14H17N3O3. The molecule has 106 valence electrons. The maximum Gasteiger partial charge on any atom is 0.341 e. The van der Waals surface area contributed by atoms with Gasteiger partial charge >= 0.3 is 5.97 Å². The monoisotopic (exact) mass is 275 g/mol. The molecule has 0 saturated carbocycles. The highest BCUT2D eigenvalue weighted by molar-refractivity contribution is 5.95. The molecule has 0 saturated heterocycles. The van der Waals surface area contributed by atoms with Crippen molar-refractivity contribution in [2.24, 2.45) is 7.05 Å². The summed E-state index contributed by atoms with van der Waals surface area (Å²) in [6.45, 7) is 1.69. The normalized spacial score (nSPS) is 10.4. The Bertz CT molecular complexity index is 632. The number of hydrogen-bond donors (Lipinski definition) is 1. The van der Waals surface area contributed by atoms with Gasteiger partial charge in [-0.05, 0) is 31.2 Å². The molecule has 1 aromatic heterocycles. The SMILES string of the molecule is COc1ccc(N(C)c2c(C(=O)O)c(C)nn2C)cc1. The van der Waals surface area contributed by atoms with Crippen LogP contribution < -0.4 is 9.64 Å². The van der Waals surface area contributed by atoms with Gasteiger partial charge in [-0.2, -0.15) is 5.10 Å². The second-order valence-electron chi connectivity index (χ2n) is 4.47. The largest absolute Gasteiger partial charge is 0.497 e. The Morgan fingerprint density at radius 1 is 1.35 bits per heavy atom. The van der Waals surface area contributed by atoms with E-state index in [0.29, 0.717) is 11.5 Å². The van der Waals surface area contributed by atoms with Crippen LogP contribution in [0.3, 0.4) is 0 Å². The molecule has 20 heavy (non-hydrogen) atoms. The lowest BCUT2D eigenvalue weighted by Crippen LogP contribution is -2.16. The zero-order chi connectivity index (χ0) is 14.9. The number of methoxy groups -OCH3 is 1. The summed E-state index contributed by atoms with van der Waals surface area (Å²) in [6, 6.07) is 7.39. The van der Waals surface area contributed by atoms with Crippen molar-refractivity contribution in [2.45, 2.75) is 6.92 Å². The Labute approximate surface area is 117 Å². The summed E-state index contributed by atoms with van der Waals surface area (Å²) in [5.41, 5.74) is 1.57. The van der Waals surface area contributed by atoms with E-state index in [1.54, 1.807) is 30.7 Å². The van der Waals surface area contributed by atoms with Crippen LogP contribution in [0.15, 0.2) is 24.3 Å². The third-order valence-electron chi connectivity index (χ3n) is 3.18. The lowest BCUT2D eigenvalue weighted by molar-refractivity contribution is 0.0697. The first-order valence-electron chi connectivity index (χ1n) is 6.10. The molecule has 1 heterocycles. The number of carboxylic acids is 1. The molecule has 0 atom stereocenters. The summed E-state index contributed by atoms with van der Waals surface area (Å²) in [7, 11) is 5.14. The third kappa shape index (κ3) is 2.32. The van der Waals surface area contributed by atoms with Crippen LogP contribution in [-0.4, -0.2) is 35.0 Å². The van der Waals surface area contributed by atoms with Crippen molar-refractivity contribution in [1.82, 2.24) is 9.78 Å². The van der Waals surface area contributed by atoms with E-state index in [1.165, 1.54) is 0 Å². The van der Waals surface area contributed by atoms with E-state index >= 15 is 0 Å². The summed E-state index contributed by atoms with van der Waals surface area (Å²) in [4.78, 5) is 13.2. The van der Waals surface area contributed by atoms with Gasteiger partial charge in [0, 0.05) is 19.8 Å². The van der Waals surface area contributed by atoms with E-state index in [0.717, 1.165) is 11.4 Å². The summed E-state index contributed by atoms with van der Waals surface area (Å²) in [5.74, 6) is 0.313. The van der Waals surface area contributed by atoms with Crippen molar-refractivity contribution in [2.75, 3.05) is 19.1 Å². The van der Waals surface area contributed by atoms with E-state index in [9.17, 15) is 9.90 Å². The highest BCUT2D eigenvalue weighted by Crippen LogP contribution is 2.29. The summed E-state index contributed by atoms with van der Waals surface area (Å²) >= 11 is 0. The Balaban J connectivity index is 2.47. The van der Waals surface area contributed by atoms with Crippen molar-refractivity contribution in [3.8, 4) is 5.75 Å². The number of aryl methyl sites for hydroxylation is 2. The van der Waals surface area contributed by atoms with Crippen LogP contribution in [0.4, 0.5) is 11.5 Å². The fourth-order valence-corrected chi connectivity index (χ4v) is 2.21. The number of carbonyl (C=O) groups is 1. The van der Waals surface area contributed by atoms with Crippen LogP contribution in [0.2, 0.25) is 0 Å². The Morgan fingerprint density at radius 3 is 2.45 bits per heavy atom. The van der Waals surface area contributed by atoms with Gasteiger partial charge in [0.25, 0.3) is 0 Å². The molecule has 0 unspecified atom stereocenters. The van der Waals surface area contributed by atoms with Gasteiger partial charge in [0.15, 0.2) is 0 Å². The smallest absolute Gasteiger partial charge is 0.341 e. The molecule has 0 spiro atoms. The zero-order valence-electron chi connectivity index (χ0n) is 11.9. The molecule has 0 amide bonds. The second-order valence-corrected chi connectivity index (χ2v) is 4.47. The minimum absolute atomic E-state index is 0.214. The van der Waals surface area contributed by atoms with Crippen LogP contribution in [0.1, 0.15) is 16.1 Å². The first-order chi connectivity index (χ1) is 9.45. The molecule has 0 aliphatic heterocycles. The Kier molecular flexibility index (Phi) is 3.65. The third-order valence-corrected chi connectivity index (χ3v) is 3.18. The van der Waals surface area contributed by atoms with Crippen molar-refractivity contribution < 1.29 is 14.6 Å². The van der Waals surface area contributed by atoms with E-state index in [-0.39, 0.29) is 5.56 Å². The molecule has 0 fully saturated rings. The molecule has 0 radical (unpaired) electrons. The van der Waals surface area contributed by atoms with E-state index in [1.807, 2.05) is 31.3 Å². The van der Waals surface area contributed by atoms with Crippen molar-refractivity contribution >= 4 is 17.5 Å².